The van der Waals surface area contributed by atoms with Crippen molar-refractivity contribution in [3.63, 3.8) is 0 Å². The van der Waals surface area contributed by atoms with Gasteiger partial charge < -0.3 is 20.1 Å². The van der Waals surface area contributed by atoms with Gasteiger partial charge in [0, 0.05) is 17.9 Å². The molecule has 0 aromatic heterocycles. The number of carbonyl (C=O) groups is 3. The summed E-state index contributed by atoms with van der Waals surface area (Å²) in [4.78, 5) is 36.3. The second-order valence-electron chi connectivity index (χ2n) is 8.19. The standard InChI is InChI=1S/C20H30N2O5S/c1-19(2,3)26-17(24)21-12-15(22-18(25)27-20(4,5)6)13-28-16(23)14-10-8-7-9-11-14/h7-11,15H,12-13H2,1-6H3,(H,21,24)(H,22,25). The zero-order valence-electron chi connectivity index (χ0n) is 17.3. The van der Waals surface area contributed by atoms with Gasteiger partial charge in [-0.2, -0.15) is 0 Å². The van der Waals surface area contributed by atoms with Gasteiger partial charge in [0.1, 0.15) is 11.2 Å². The number of alkyl carbamates (subject to hydrolysis) is 2. The van der Waals surface area contributed by atoms with E-state index in [1.54, 1.807) is 65.8 Å². The van der Waals surface area contributed by atoms with Gasteiger partial charge in [0.05, 0.1) is 6.04 Å². The summed E-state index contributed by atoms with van der Waals surface area (Å²) in [6.45, 7) is 10.7. The predicted molar refractivity (Wildman–Crippen MR) is 111 cm³/mol. The molecule has 0 aliphatic carbocycles. The van der Waals surface area contributed by atoms with Crippen molar-refractivity contribution < 1.29 is 23.9 Å². The SMILES string of the molecule is CC(C)(C)OC(=O)NCC(CSC(=O)c1ccccc1)NC(=O)OC(C)(C)C. The number of nitrogens with one attached hydrogen (secondary N) is 2. The van der Waals surface area contributed by atoms with Crippen LogP contribution in [0.15, 0.2) is 30.3 Å². The molecule has 0 radical (unpaired) electrons. The lowest BCUT2D eigenvalue weighted by molar-refractivity contribution is 0.0469. The van der Waals surface area contributed by atoms with Crippen molar-refractivity contribution in [3.05, 3.63) is 35.9 Å². The van der Waals surface area contributed by atoms with Crippen LogP contribution in [0.1, 0.15) is 51.9 Å². The molecular formula is C20H30N2O5S. The maximum absolute atomic E-state index is 12.3. The fraction of sp³-hybridized carbons (Fsp3) is 0.550. The highest BCUT2D eigenvalue weighted by molar-refractivity contribution is 8.14. The lowest BCUT2D eigenvalue weighted by Crippen LogP contribution is -2.47. The molecule has 7 nitrogen and oxygen atoms in total. The molecule has 1 aromatic carbocycles. The van der Waals surface area contributed by atoms with Crippen LogP contribution in [0.2, 0.25) is 0 Å². The molecule has 28 heavy (non-hydrogen) atoms. The Hall–Kier alpha value is -2.22. The highest BCUT2D eigenvalue weighted by Crippen LogP contribution is 2.14. The minimum Gasteiger partial charge on any atom is -0.444 e. The maximum atomic E-state index is 12.3. The number of ether oxygens (including phenoxy) is 2. The number of hydrogen-bond donors (Lipinski definition) is 2. The largest absolute Gasteiger partial charge is 0.444 e. The van der Waals surface area contributed by atoms with E-state index in [1.807, 2.05) is 6.07 Å². The first-order valence-electron chi connectivity index (χ1n) is 9.04. The molecule has 0 saturated carbocycles. The molecule has 0 spiro atoms. The Labute approximate surface area is 170 Å². The Morgan fingerprint density at radius 1 is 0.929 bits per heavy atom. The zero-order valence-corrected chi connectivity index (χ0v) is 18.1. The molecule has 2 amide bonds. The maximum Gasteiger partial charge on any atom is 0.407 e. The molecule has 0 bridgehead atoms. The minimum atomic E-state index is -0.653. The molecule has 0 saturated heterocycles. The van der Waals surface area contributed by atoms with Crippen molar-refractivity contribution in [2.45, 2.75) is 58.8 Å². The Bertz CT molecular complexity index is 665. The van der Waals surface area contributed by atoms with Gasteiger partial charge in [-0.05, 0) is 41.5 Å². The van der Waals surface area contributed by atoms with E-state index < -0.39 is 29.4 Å². The number of amides is 2. The topological polar surface area (TPSA) is 93.7 Å². The van der Waals surface area contributed by atoms with E-state index in [-0.39, 0.29) is 17.4 Å². The summed E-state index contributed by atoms with van der Waals surface area (Å²) in [6, 6.07) is 8.34. The van der Waals surface area contributed by atoms with Gasteiger partial charge in [0.15, 0.2) is 0 Å². The molecule has 2 N–H and O–H groups in total. The monoisotopic (exact) mass is 410 g/mol. The van der Waals surface area contributed by atoms with Crippen LogP contribution in [0.4, 0.5) is 9.59 Å². The van der Waals surface area contributed by atoms with Crippen molar-refractivity contribution in [1.29, 1.82) is 0 Å². The van der Waals surface area contributed by atoms with E-state index in [1.165, 1.54) is 0 Å². The molecule has 0 aliphatic rings. The van der Waals surface area contributed by atoms with E-state index in [4.69, 9.17) is 9.47 Å². The molecule has 1 unspecified atom stereocenters. The predicted octanol–water partition coefficient (Wildman–Crippen LogP) is 3.98. The van der Waals surface area contributed by atoms with Gasteiger partial charge in [-0.3, -0.25) is 4.79 Å². The Kier molecular flexibility index (Phi) is 8.81. The van der Waals surface area contributed by atoms with Gasteiger partial charge in [0.2, 0.25) is 5.12 Å². The average Bonchev–Trinajstić information content (AvgIpc) is 2.54. The van der Waals surface area contributed by atoms with Crippen LogP contribution in [0.25, 0.3) is 0 Å². The highest BCUT2D eigenvalue weighted by Gasteiger charge is 2.22. The van der Waals surface area contributed by atoms with Crippen LogP contribution in [0, 0.1) is 0 Å². The van der Waals surface area contributed by atoms with Crippen LogP contribution in [-0.4, -0.2) is 46.8 Å². The quantitative estimate of drug-likeness (QED) is 0.737. The second-order valence-corrected chi connectivity index (χ2v) is 9.18. The van der Waals surface area contributed by atoms with Gasteiger partial charge >= 0.3 is 12.2 Å². The molecule has 156 valence electrons. The van der Waals surface area contributed by atoms with Gasteiger partial charge in [-0.25, -0.2) is 9.59 Å². The number of thioether (sulfide) groups is 1. The fourth-order valence-electron chi connectivity index (χ4n) is 1.98. The lowest BCUT2D eigenvalue weighted by Gasteiger charge is -2.24. The molecule has 1 rings (SSSR count). The first-order valence-corrected chi connectivity index (χ1v) is 10.0. The smallest absolute Gasteiger partial charge is 0.407 e. The first kappa shape index (κ1) is 23.8. The molecule has 0 fully saturated rings. The van der Waals surface area contributed by atoms with Crippen molar-refractivity contribution >= 4 is 29.1 Å². The first-order chi connectivity index (χ1) is 12.9. The van der Waals surface area contributed by atoms with Crippen LogP contribution in [-0.2, 0) is 9.47 Å². The van der Waals surface area contributed by atoms with Crippen LogP contribution in [0.3, 0.4) is 0 Å². The third-order valence-electron chi connectivity index (χ3n) is 3.04. The Balaban J connectivity index is 2.67. The van der Waals surface area contributed by atoms with E-state index in [0.717, 1.165) is 11.8 Å². The normalized spacial score (nSPS) is 12.6. The molecule has 0 aliphatic heterocycles. The summed E-state index contributed by atoms with van der Waals surface area (Å²) in [6.07, 6.45) is -1.21. The summed E-state index contributed by atoms with van der Waals surface area (Å²) >= 11 is 1.06. The van der Waals surface area contributed by atoms with Crippen molar-refractivity contribution in [2.24, 2.45) is 0 Å². The zero-order chi connectivity index (χ0) is 21.4. The summed E-state index contributed by atoms with van der Waals surface area (Å²) in [5.74, 6) is 0.267. The number of rotatable bonds is 6. The van der Waals surface area contributed by atoms with Crippen molar-refractivity contribution in [2.75, 3.05) is 12.3 Å². The second kappa shape index (κ2) is 10.4. The summed E-state index contributed by atoms with van der Waals surface area (Å²) in [7, 11) is 0. The molecule has 1 aromatic rings. The average molecular weight is 411 g/mol. The van der Waals surface area contributed by atoms with Gasteiger partial charge in [-0.1, -0.05) is 42.1 Å². The number of carbonyl (C=O) groups excluding carboxylic acids is 3. The van der Waals surface area contributed by atoms with Crippen molar-refractivity contribution in [3.8, 4) is 0 Å². The Morgan fingerprint density at radius 3 is 2.00 bits per heavy atom. The minimum absolute atomic E-state index is 0.100. The molecule has 8 heteroatoms. The highest BCUT2D eigenvalue weighted by atomic mass is 32.2. The van der Waals surface area contributed by atoms with Crippen LogP contribution >= 0.6 is 11.8 Å². The van der Waals surface area contributed by atoms with E-state index in [0.29, 0.717) is 5.56 Å². The number of hydrogen-bond acceptors (Lipinski definition) is 6. The van der Waals surface area contributed by atoms with Crippen molar-refractivity contribution in [1.82, 2.24) is 10.6 Å². The van der Waals surface area contributed by atoms with E-state index in [2.05, 4.69) is 10.6 Å². The molecular weight excluding hydrogens is 380 g/mol. The summed E-state index contributed by atoms with van der Waals surface area (Å²) in [5.41, 5.74) is -0.709. The van der Waals surface area contributed by atoms with Gasteiger partial charge in [-0.15, -0.1) is 0 Å². The van der Waals surface area contributed by atoms with Crippen LogP contribution in [0.5, 0.6) is 0 Å². The number of benzene rings is 1. The third kappa shape index (κ3) is 10.8. The summed E-state index contributed by atoms with van der Waals surface area (Å²) < 4.78 is 10.5. The Morgan fingerprint density at radius 2 is 1.46 bits per heavy atom. The van der Waals surface area contributed by atoms with E-state index in [9.17, 15) is 14.4 Å². The third-order valence-corrected chi connectivity index (χ3v) is 4.10. The fourth-order valence-corrected chi connectivity index (χ4v) is 2.84. The molecule has 0 heterocycles. The summed E-state index contributed by atoms with van der Waals surface area (Å²) in [5, 5.41) is 5.19. The lowest BCUT2D eigenvalue weighted by atomic mass is 10.2. The van der Waals surface area contributed by atoms with Crippen LogP contribution < -0.4 is 10.6 Å². The molecule has 1 atom stereocenters. The van der Waals surface area contributed by atoms with E-state index >= 15 is 0 Å². The van der Waals surface area contributed by atoms with Gasteiger partial charge in [0.25, 0.3) is 0 Å².